The van der Waals surface area contributed by atoms with E-state index in [-0.39, 0.29) is 18.4 Å². The highest BCUT2D eigenvalue weighted by atomic mass is 16.5. The molecule has 0 spiro atoms. The molecule has 1 atom stereocenters. The summed E-state index contributed by atoms with van der Waals surface area (Å²) in [4.78, 5) is 22.9. The largest absolute Gasteiger partial charge is 0.425 e. The molecule has 0 bridgehead atoms. The SMILES string of the molecule is CC(C)[C@H](N)C(=O)NCC(=O)Oc1ccccc1. The molecule has 0 fully saturated rings. The molecule has 1 aromatic rings. The summed E-state index contributed by atoms with van der Waals surface area (Å²) >= 11 is 0. The van der Waals surface area contributed by atoms with Gasteiger partial charge in [0.2, 0.25) is 5.91 Å². The van der Waals surface area contributed by atoms with Gasteiger partial charge in [-0.25, -0.2) is 4.79 Å². The van der Waals surface area contributed by atoms with Crippen molar-refractivity contribution in [3.8, 4) is 5.75 Å². The lowest BCUT2D eigenvalue weighted by Gasteiger charge is -2.14. The van der Waals surface area contributed by atoms with Crippen molar-refractivity contribution in [1.82, 2.24) is 5.32 Å². The van der Waals surface area contributed by atoms with Crippen LogP contribution in [0.3, 0.4) is 0 Å². The first kappa shape index (κ1) is 14.2. The molecule has 0 heterocycles. The summed E-state index contributed by atoms with van der Waals surface area (Å²) in [7, 11) is 0. The number of esters is 1. The molecule has 1 aromatic carbocycles. The number of amides is 1. The summed E-state index contributed by atoms with van der Waals surface area (Å²) in [6.45, 7) is 3.49. The molecule has 3 N–H and O–H groups in total. The minimum absolute atomic E-state index is 0.0233. The van der Waals surface area contributed by atoms with E-state index in [0.717, 1.165) is 0 Å². The number of rotatable bonds is 5. The van der Waals surface area contributed by atoms with Gasteiger partial charge in [-0.15, -0.1) is 0 Å². The summed E-state index contributed by atoms with van der Waals surface area (Å²) in [6, 6.07) is 8.06. The van der Waals surface area contributed by atoms with Gasteiger partial charge in [-0.1, -0.05) is 32.0 Å². The second kappa shape index (κ2) is 6.76. The van der Waals surface area contributed by atoms with Crippen molar-refractivity contribution in [3.05, 3.63) is 30.3 Å². The molecule has 98 valence electrons. The zero-order valence-corrected chi connectivity index (χ0v) is 10.6. The maximum Gasteiger partial charge on any atom is 0.330 e. The van der Waals surface area contributed by atoms with Gasteiger partial charge < -0.3 is 15.8 Å². The predicted molar refractivity (Wildman–Crippen MR) is 67.9 cm³/mol. The average Bonchev–Trinajstić information content (AvgIpc) is 2.36. The summed E-state index contributed by atoms with van der Waals surface area (Å²) in [5.41, 5.74) is 5.63. The normalized spacial score (nSPS) is 12.0. The van der Waals surface area contributed by atoms with Crippen molar-refractivity contribution < 1.29 is 14.3 Å². The number of carbonyl (C=O) groups excluding carboxylic acids is 2. The third kappa shape index (κ3) is 4.55. The van der Waals surface area contributed by atoms with Crippen LogP contribution in [0.4, 0.5) is 0 Å². The minimum atomic E-state index is -0.616. The Hall–Kier alpha value is -1.88. The zero-order valence-electron chi connectivity index (χ0n) is 10.6. The van der Waals surface area contributed by atoms with Gasteiger partial charge in [0, 0.05) is 0 Å². The molecule has 5 heteroatoms. The Morgan fingerprint density at radius 1 is 1.28 bits per heavy atom. The Balaban J connectivity index is 2.36. The van der Waals surface area contributed by atoms with E-state index >= 15 is 0 Å². The van der Waals surface area contributed by atoms with Crippen LogP contribution in [0.2, 0.25) is 0 Å². The summed E-state index contributed by atoms with van der Waals surface area (Å²) < 4.78 is 5.01. The molecule has 0 radical (unpaired) electrons. The van der Waals surface area contributed by atoms with Crippen molar-refractivity contribution in [2.45, 2.75) is 19.9 Å². The van der Waals surface area contributed by atoms with Crippen LogP contribution in [0, 0.1) is 5.92 Å². The number of carbonyl (C=O) groups is 2. The lowest BCUT2D eigenvalue weighted by Crippen LogP contribution is -2.46. The fourth-order valence-corrected chi connectivity index (χ4v) is 1.24. The van der Waals surface area contributed by atoms with Crippen molar-refractivity contribution in [1.29, 1.82) is 0 Å². The Bertz CT molecular complexity index is 404. The summed E-state index contributed by atoms with van der Waals surface area (Å²) in [6.07, 6.45) is 0. The average molecular weight is 250 g/mol. The van der Waals surface area contributed by atoms with Crippen LogP contribution in [0.15, 0.2) is 30.3 Å². The number of hydrogen-bond acceptors (Lipinski definition) is 4. The van der Waals surface area contributed by atoms with Gasteiger partial charge in [-0.05, 0) is 18.1 Å². The van der Waals surface area contributed by atoms with E-state index in [4.69, 9.17) is 10.5 Å². The Morgan fingerprint density at radius 2 is 1.89 bits per heavy atom. The van der Waals surface area contributed by atoms with Gasteiger partial charge in [-0.3, -0.25) is 4.79 Å². The van der Waals surface area contributed by atoms with Crippen LogP contribution in [-0.4, -0.2) is 24.5 Å². The first-order chi connectivity index (χ1) is 8.50. The van der Waals surface area contributed by atoms with Crippen LogP contribution in [0.1, 0.15) is 13.8 Å². The van der Waals surface area contributed by atoms with Crippen LogP contribution in [-0.2, 0) is 9.59 Å². The molecule has 18 heavy (non-hydrogen) atoms. The van der Waals surface area contributed by atoms with Crippen LogP contribution >= 0.6 is 0 Å². The second-order valence-electron chi connectivity index (χ2n) is 4.27. The van der Waals surface area contributed by atoms with Crippen LogP contribution in [0.25, 0.3) is 0 Å². The van der Waals surface area contributed by atoms with Gasteiger partial charge >= 0.3 is 5.97 Å². The van der Waals surface area contributed by atoms with E-state index < -0.39 is 12.0 Å². The summed E-state index contributed by atoms with van der Waals surface area (Å²) in [5.74, 6) is -0.402. The van der Waals surface area contributed by atoms with E-state index in [9.17, 15) is 9.59 Å². The monoisotopic (exact) mass is 250 g/mol. The first-order valence-electron chi connectivity index (χ1n) is 5.79. The highest BCUT2D eigenvalue weighted by Crippen LogP contribution is 2.08. The molecule has 0 unspecified atom stereocenters. The molecule has 1 amide bonds. The van der Waals surface area contributed by atoms with E-state index in [0.29, 0.717) is 5.75 Å². The van der Waals surface area contributed by atoms with Crippen molar-refractivity contribution in [3.63, 3.8) is 0 Å². The minimum Gasteiger partial charge on any atom is -0.425 e. The first-order valence-corrected chi connectivity index (χ1v) is 5.79. The van der Waals surface area contributed by atoms with Crippen molar-refractivity contribution in [2.75, 3.05) is 6.54 Å². The molecule has 0 aliphatic rings. The standard InChI is InChI=1S/C13H18N2O3/c1-9(2)12(14)13(17)15-8-11(16)18-10-6-4-3-5-7-10/h3-7,9,12H,8,14H2,1-2H3,(H,15,17)/t12-/m0/s1. The molecule has 0 saturated heterocycles. The fourth-order valence-electron chi connectivity index (χ4n) is 1.24. The maximum atomic E-state index is 11.5. The number of ether oxygens (including phenoxy) is 1. The van der Waals surface area contributed by atoms with Gasteiger partial charge in [0.05, 0.1) is 6.04 Å². The number of benzene rings is 1. The number of hydrogen-bond donors (Lipinski definition) is 2. The molecular weight excluding hydrogens is 232 g/mol. The van der Waals surface area contributed by atoms with Crippen LogP contribution in [0.5, 0.6) is 5.75 Å². The Labute approximate surface area is 106 Å². The highest BCUT2D eigenvalue weighted by Gasteiger charge is 2.17. The molecule has 1 rings (SSSR count). The molecule has 0 aliphatic carbocycles. The number of para-hydroxylation sites is 1. The van der Waals surface area contributed by atoms with Gasteiger partial charge in [0.25, 0.3) is 0 Å². The third-order valence-electron chi connectivity index (χ3n) is 2.40. The summed E-state index contributed by atoms with van der Waals surface area (Å²) in [5, 5.41) is 2.45. The lowest BCUT2D eigenvalue weighted by molar-refractivity contribution is -0.136. The van der Waals surface area contributed by atoms with E-state index in [1.165, 1.54) is 0 Å². The third-order valence-corrected chi connectivity index (χ3v) is 2.40. The molecule has 5 nitrogen and oxygen atoms in total. The van der Waals surface area contributed by atoms with E-state index in [1.54, 1.807) is 24.3 Å². The van der Waals surface area contributed by atoms with Crippen molar-refractivity contribution in [2.24, 2.45) is 11.7 Å². The van der Waals surface area contributed by atoms with Gasteiger partial charge in [0.15, 0.2) is 0 Å². The zero-order chi connectivity index (χ0) is 13.5. The lowest BCUT2D eigenvalue weighted by atomic mass is 10.1. The van der Waals surface area contributed by atoms with E-state index in [2.05, 4.69) is 5.32 Å². The van der Waals surface area contributed by atoms with E-state index in [1.807, 2.05) is 19.9 Å². The predicted octanol–water partition coefficient (Wildman–Crippen LogP) is 0.691. The second-order valence-corrected chi connectivity index (χ2v) is 4.27. The quantitative estimate of drug-likeness (QED) is 0.595. The maximum absolute atomic E-state index is 11.5. The highest BCUT2D eigenvalue weighted by molar-refractivity contribution is 5.86. The Kier molecular flexibility index (Phi) is 5.32. The molecular formula is C13H18N2O3. The fraction of sp³-hybridized carbons (Fsp3) is 0.385. The molecule has 0 aliphatic heterocycles. The van der Waals surface area contributed by atoms with Crippen molar-refractivity contribution >= 4 is 11.9 Å². The number of nitrogens with two attached hydrogens (primary N) is 1. The van der Waals surface area contributed by atoms with Gasteiger partial charge in [-0.2, -0.15) is 0 Å². The number of nitrogens with one attached hydrogen (secondary N) is 1. The smallest absolute Gasteiger partial charge is 0.330 e. The molecule has 0 saturated carbocycles. The Morgan fingerprint density at radius 3 is 2.44 bits per heavy atom. The van der Waals surface area contributed by atoms with Crippen LogP contribution < -0.4 is 15.8 Å². The van der Waals surface area contributed by atoms with Gasteiger partial charge in [0.1, 0.15) is 12.3 Å². The molecule has 0 aromatic heterocycles. The topological polar surface area (TPSA) is 81.4 Å².